The fourth-order valence-corrected chi connectivity index (χ4v) is 4.53. The van der Waals surface area contributed by atoms with Crippen LogP contribution in [-0.2, 0) is 14.6 Å². The highest BCUT2D eigenvalue weighted by molar-refractivity contribution is 9.11. The second-order valence-electron chi connectivity index (χ2n) is 4.95. The number of rotatable bonds is 6. The normalized spacial score (nSPS) is 11.4. The molecule has 130 valence electrons. The van der Waals surface area contributed by atoms with Crippen LogP contribution in [0.2, 0.25) is 0 Å². The van der Waals surface area contributed by atoms with E-state index in [-0.39, 0.29) is 29.0 Å². The summed E-state index contributed by atoms with van der Waals surface area (Å²) in [4.78, 5) is 12.9. The van der Waals surface area contributed by atoms with Gasteiger partial charge in [0.15, 0.2) is 9.84 Å². The Morgan fingerprint density at radius 1 is 1.16 bits per heavy atom. The summed E-state index contributed by atoms with van der Waals surface area (Å²) in [5, 5.41) is 10.00. The lowest BCUT2D eigenvalue weighted by molar-refractivity contribution is -0.115. The molecule has 7 nitrogen and oxygen atoms in total. The molecule has 0 aliphatic carbocycles. The Bertz CT molecular complexity index is 983. The number of nitrogens with one attached hydrogen (secondary N) is 1. The number of halogens is 1. The Morgan fingerprint density at radius 2 is 1.92 bits per heavy atom. The maximum Gasteiger partial charge on any atom is 0.322 e. The van der Waals surface area contributed by atoms with E-state index in [0.717, 1.165) is 8.66 Å². The van der Waals surface area contributed by atoms with Crippen molar-refractivity contribution in [2.45, 2.75) is 11.3 Å². The summed E-state index contributed by atoms with van der Waals surface area (Å²) in [5.74, 6) is -0.535. The summed E-state index contributed by atoms with van der Waals surface area (Å²) in [6.07, 6.45) is -0.209. The summed E-state index contributed by atoms with van der Waals surface area (Å²) in [6, 6.07) is 11.6. The molecular weight excluding hydrogens is 430 g/mol. The lowest BCUT2D eigenvalue weighted by Gasteiger charge is -2.03. The van der Waals surface area contributed by atoms with Crippen LogP contribution in [0.1, 0.15) is 6.42 Å². The predicted molar refractivity (Wildman–Crippen MR) is 97.1 cm³/mol. The Hall–Kier alpha value is -2.04. The Morgan fingerprint density at radius 3 is 2.60 bits per heavy atom. The minimum atomic E-state index is -3.51. The van der Waals surface area contributed by atoms with Gasteiger partial charge in [-0.05, 0) is 40.2 Å². The van der Waals surface area contributed by atoms with Crippen molar-refractivity contribution in [1.82, 2.24) is 10.2 Å². The van der Waals surface area contributed by atoms with Gasteiger partial charge in [-0.15, -0.1) is 16.4 Å². The summed E-state index contributed by atoms with van der Waals surface area (Å²) < 4.78 is 30.6. The van der Waals surface area contributed by atoms with E-state index < -0.39 is 15.7 Å². The summed E-state index contributed by atoms with van der Waals surface area (Å²) in [6.45, 7) is 0. The number of amides is 1. The first kappa shape index (κ1) is 17.8. The van der Waals surface area contributed by atoms with Crippen LogP contribution in [0.4, 0.5) is 6.01 Å². The van der Waals surface area contributed by atoms with Crippen molar-refractivity contribution in [3.05, 3.63) is 46.3 Å². The van der Waals surface area contributed by atoms with Gasteiger partial charge in [0, 0.05) is 6.42 Å². The summed E-state index contributed by atoms with van der Waals surface area (Å²) >= 11 is 4.75. The largest absolute Gasteiger partial charge is 0.402 e. The zero-order chi connectivity index (χ0) is 17.9. The lowest BCUT2D eigenvalue weighted by atomic mass is 10.4. The highest BCUT2D eigenvalue weighted by Gasteiger charge is 2.18. The molecule has 1 aromatic carbocycles. The van der Waals surface area contributed by atoms with Gasteiger partial charge in [-0.2, -0.15) is 0 Å². The van der Waals surface area contributed by atoms with E-state index in [1.165, 1.54) is 23.5 Å². The number of sulfone groups is 1. The molecule has 1 amide bonds. The number of hydrogen-bond donors (Lipinski definition) is 1. The van der Waals surface area contributed by atoms with Crippen LogP contribution < -0.4 is 5.32 Å². The van der Waals surface area contributed by atoms with E-state index in [4.69, 9.17) is 4.42 Å². The molecule has 0 saturated carbocycles. The Balaban J connectivity index is 1.59. The fourth-order valence-electron chi connectivity index (χ4n) is 1.96. The molecule has 0 atom stereocenters. The second kappa shape index (κ2) is 7.46. The van der Waals surface area contributed by atoms with Crippen molar-refractivity contribution in [3.63, 3.8) is 0 Å². The van der Waals surface area contributed by atoms with Gasteiger partial charge in [0.2, 0.25) is 5.91 Å². The molecule has 0 saturated heterocycles. The molecule has 3 aromatic rings. The number of carbonyl (C=O) groups is 1. The van der Waals surface area contributed by atoms with E-state index >= 15 is 0 Å². The molecule has 0 spiro atoms. The van der Waals surface area contributed by atoms with E-state index in [2.05, 4.69) is 31.4 Å². The van der Waals surface area contributed by atoms with E-state index in [0.29, 0.717) is 0 Å². The van der Waals surface area contributed by atoms with E-state index in [1.54, 1.807) is 24.3 Å². The third-order valence-corrected chi connectivity index (χ3v) is 6.50. The number of nitrogens with zero attached hydrogens (tertiary/aromatic N) is 2. The predicted octanol–water partition coefficient (Wildman–Crippen LogP) is 3.36. The van der Waals surface area contributed by atoms with Gasteiger partial charge in [0.25, 0.3) is 5.89 Å². The van der Waals surface area contributed by atoms with Crippen molar-refractivity contribution in [2.75, 3.05) is 11.1 Å². The third-order valence-electron chi connectivity index (χ3n) is 3.16. The van der Waals surface area contributed by atoms with Crippen molar-refractivity contribution in [2.24, 2.45) is 0 Å². The van der Waals surface area contributed by atoms with Crippen LogP contribution in [0.3, 0.4) is 0 Å². The number of carbonyl (C=O) groups excluding carboxylic acids is 1. The van der Waals surface area contributed by atoms with Gasteiger partial charge in [-0.1, -0.05) is 23.3 Å². The van der Waals surface area contributed by atoms with Gasteiger partial charge in [-0.3, -0.25) is 10.1 Å². The first-order chi connectivity index (χ1) is 11.9. The van der Waals surface area contributed by atoms with Gasteiger partial charge in [0.05, 0.1) is 19.3 Å². The van der Waals surface area contributed by atoms with Crippen LogP contribution in [0.5, 0.6) is 0 Å². The quantitative estimate of drug-likeness (QED) is 0.628. The summed E-state index contributed by atoms with van der Waals surface area (Å²) in [5.41, 5.74) is 0. The molecular formula is C15H12BrN3O4S2. The monoisotopic (exact) mass is 441 g/mol. The van der Waals surface area contributed by atoms with Crippen molar-refractivity contribution in [1.29, 1.82) is 0 Å². The first-order valence-corrected chi connectivity index (χ1v) is 10.4. The molecule has 0 bridgehead atoms. The van der Waals surface area contributed by atoms with Gasteiger partial charge in [0.1, 0.15) is 0 Å². The second-order valence-corrected chi connectivity index (χ2v) is 9.52. The minimum absolute atomic E-state index is 0.0679. The van der Waals surface area contributed by atoms with Crippen LogP contribution >= 0.6 is 27.3 Å². The summed E-state index contributed by atoms with van der Waals surface area (Å²) in [7, 11) is -3.51. The standard InChI is InChI=1S/C15H12BrN3O4S2/c16-12-7-6-11(24-12)14-18-19-15(23-14)17-13(20)8-9-25(21,22)10-4-2-1-3-5-10/h1-7H,8-9H2,(H,17,19,20). The molecule has 0 radical (unpaired) electrons. The maximum absolute atomic E-state index is 12.1. The molecule has 0 aliphatic rings. The third kappa shape index (κ3) is 4.53. The number of anilines is 1. The zero-order valence-electron chi connectivity index (χ0n) is 12.7. The topological polar surface area (TPSA) is 102 Å². The smallest absolute Gasteiger partial charge is 0.322 e. The molecule has 0 fully saturated rings. The fraction of sp³-hybridized carbons (Fsp3) is 0.133. The minimum Gasteiger partial charge on any atom is -0.402 e. The number of hydrogen-bond acceptors (Lipinski definition) is 7. The average molecular weight is 442 g/mol. The Labute approximate surface area is 156 Å². The molecule has 2 aromatic heterocycles. The van der Waals surface area contributed by atoms with Gasteiger partial charge in [-0.25, -0.2) is 8.42 Å². The number of benzene rings is 1. The number of aromatic nitrogens is 2. The molecule has 0 unspecified atom stereocenters. The zero-order valence-corrected chi connectivity index (χ0v) is 15.9. The van der Waals surface area contributed by atoms with Crippen LogP contribution in [0.15, 0.2) is 55.6 Å². The van der Waals surface area contributed by atoms with Crippen molar-refractivity contribution >= 4 is 49.0 Å². The SMILES string of the molecule is O=C(CCS(=O)(=O)c1ccccc1)Nc1nnc(-c2ccc(Br)s2)o1. The molecule has 10 heteroatoms. The highest BCUT2D eigenvalue weighted by Crippen LogP contribution is 2.30. The van der Waals surface area contributed by atoms with E-state index in [1.807, 2.05) is 6.07 Å². The lowest BCUT2D eigenvalue weighted by Crippen LogP contribution is -2.17. The van der Waals surface area contributed by atoms with E-state index in [9.17, 15) is 13.2 Å². The molecule has 3 rings (SSSR count). The van der Waals surface area contributed by atoms with Crippen molar-refractivity contribution in [3.8, 4) is 10.8 Å². The number of thiophene rings is 1. The molecule has 1 N–H and O–H groups in total. The van der Waals surface area contributed by atoms with Crippen molar-refractivity contribution < 1.29 is 17.6 Å². The maximum atomic E-state index is 12.1. The van der Waals surface area contributed by atoms with Gasteiger partial charge < -0.3 is 4.42 Å². The molecule has 2 heterocycles. The average Bonchev–Trinajstić information content (AvgIpc) is 3.23. The highest BCUT2D eigenvalue weighted by atomic mass is 79.9. The van der Waals surface area contributed by atoms with Gasteiger partial charge >= 0.3 is 6.01 Å². The Kier molecular flexibility index (Phi) is 5.30. The first-order valence-electron chi connectivity index (χ1n) is 7.11. The molecule has 25 heavy (non-hydrogen) atoms. The molecule has 0 aliphatic heterocycles. The van der Waals surface area contributed by atoms with Crippen LogP contribution in [0.25, 0.3) is 10.8 Å². The van der Waals surface area contributed by atoms with Crippen LogP contribution in [-0.4, -0.2) is 30.3 Å². The van der Waals surface area contributed by atoms with Crippen LogP contribution in [0, 0.1) is 0 Å².